The van der Waals surface area contributed by atoms with Crippen LogP contribution in [0.1, 0.15) is 35.4 Å². The van der Waals surface area contributed by atoms with E-state index in [0.717, 1.165) is 55.1 Å². The number of rotatable bonds is 4. The van der Waals surface area contributed by atoms with Crippen LogP contribution in [0.4, 0.5) is 0 Å². The number of carbonyl (C=O) groups is 1. The van der Waals surface area contributed by atoms with Gasteiger partial charge in [-0.1, -0.05) is 0 Å². The molecule has 3 rings (SSSR count). The van der Waals surface area contributed by atoms with Crippen LogP contribution >= 0.6 is 15.9 Å². The van der Waals surface area contributed by atoms with E-state index in [1.807, 2.05) is 42.8 Å². The predicted molar refractivity (Wildman–Crippen MR) is 99.3 cm³/mol. The highest BCUT2D eigenvalue weighted by Crippen LogP contribution is 2.23. The van der Waals surface area contributed by atoms with Crippen LogP contribution in [-0.2, 0) is 20.1 Å². The molecule has 136 valence electrons. The number of halogens is 1. The number of imidazole rings is 1. The molecule has 0 aromatic carbocycles. The zero-order valence-electron chi connectivity index (χ0n) is 15.1. The number of hydrogen-bond donors (Lipinski definition) is 0. The highest BCUT2D eigenvalue weighted by molar-refractivity contribution is 9.10. The second kappa shape index (κ2) is 7.70. The van der Waals surface area contributed by atoms with Crippen molar-refractivity contribution in [2.45, 2.75) is 33.4 Å². The Kier molecular flexibility index (Phi) is 5.58. The van der Waals surface area contributed by atoms with E-state index in [0.29, 0.717) is 12.2 Å². The van der Waals surface area contributed by atoms with Crippen LogP contribution in [0.5, 0.6) is 0 Å². The van der Waals surface area contributed by atoms with Crippen LogP contribution in [-0.4, -0.2) is 61.2 Å². The van der Waals surface area contributed by atoms with Gasteiger partial charge >= 0.3 is 0 Å². The lowest BCUT2D eigenvalue weighted by atomic mass is 10.3. The summed E-state index contributed by atoms with van der Waals surface area (Å²) in [6.07, 6.45) is 4.76. The number of aromatic nitrogens is 4. The zero-order chi connectivity index (χ0) is 18.0. The van der Waals surface area contributed by atoms with Crippen LogP contribution in [0.3, 0.4) is 0 Å². The predicted octanol–water partition coefficient (Wildman–Crippen LogP) is 2.06. The van der Waals surface area contributed by atoms with E-state index in [1.54, 1.807) is 4.68 Å². The van der Waals surface area contributed by atoms with E-state index in [2.05, 4.69) is 30.9 Å². The molecule has 1 aliphatic heterocycles. The van der Waals surface area contributed by atoms with Crippen molar-refractivity contribution in [2.24, 2.45) is 7.05 Å². The van der Waals surface area contributed by atoms with Crippen molar-refractivity contribution >= 4 is 21.8 Å². The summed E-state index contributed by atoms with van der Waals surface area (Å²) in [7, 11) is 2.02. The first kappa shape index (κ1) is 18.1. The maximum Gasteiger partial charge on any atom is 0.273 e. The van der Waals surface area contributed by atoms with E-state index >= 15 is 0 Å². The molecular weight excluding hydrogens is 384 g/mol. The molecular formula is C17H25BrN6O. The maximum absolute atomic E-state index is 13.0. The number of aryl methyl sites for hydroxylation is 3. The smallest absolute Gasteiger partial charge is 0.273 e. The van der Waals surface area contributed by atoms with Crippen LogP contribution in [0.2, 0.25) is 0 Å². The third kappa shape index (κ3) is 3.79. The highest BCUT2D eigenvalue weighted by atomic mass is 79.9. The normalized spacial score (nSPS) is 16.2. The monoisotopic (exact) mass is 408 g/mol. The van der Waals surface area contributed by atoms with Crippen molar-refractivity contribution in [3.05, 3.63) is 34.1 Å². The second-order valence-electron chi connectivity index (χ2n) is 6.44. The molecule has 0 unspecified atom stereocenters. The molecule has 1 amide bonds. The second-order valence-corrected chi connectivity index (χ2v) is 7.23. The van der Waals surface area contributed by atoms with E-state index in [-0.39, 0.29) is 5.91 Å². The molecule has 0 saturated carbocycles. The molecule has 1 fully saturated rings. The largest absolute Gasteiger partial charge is 0.337 e. The van der Waals surface area contributed by atoms with Gasteiger partial charge in [0.15, 0.2) is 0 Å². The van der Waals surface area contributed by atoms with Crippen molar-refractivity contribution in [3.8, 4) is 0 Å². The van der Waals surface area contributed by atoms with Crippen LogP contribution in [0.25, 0.3) is 0 Å². The van der Waals surface area contributed by atoms with E-state index in [9.17, 15) is 4.79 Å². The van der Waals surface area contributed by atoms with Crippen molar-refractivity contribution in [1.82, 2.24) is 29.1 Å². The topological polar surface area (TPSA) is 59.2 Å². The standard InChI is InChI=1S/C17H25BrN6O/c1-4-24-16(15(18)13(2)20-24)17(25)23-8-5-7-22(10-11-23)12-14-19-6-9-21(14)3/h6,9H,4-5,7-8,10-12H2,1-3H3. The van der Waals surface area contributed by atoms with Gasteiger partial charge in [-0.15, -0.1) is 0 Å². The molecule has 2 aromatic rings. The first-order valence-corrected chi connectivity index (χ1v) is 9.51. The van der Waals surface area contributed by atoms with Crippen molar-refractivity contribution in [2.75, 3.05) is 26.2 Å². The average molecular weight is 409 g/mol. The van der Waals surface area contributed by atoms with Crippen LogP contribution in [0.15, 0.2) is 16.9 Å². The van der Waals surface area contributed by atoms with E-state index in [4.69, 9.17) is 0 Å². The Balaban J connectivity index is 1.69. The zero-order valence-corrected chi connectivity index (χ0v) is 16.7. The Morgan fingerprint density at radius 3 is 2.76 bits per heavy atom. The van der Waals surface area contributed by atoms with Gasteiger partial charge in [0, 0.05) is 52.2 Å². The number of nitrogens with zero attached hydrogens (tertiary/aromatic N) is 6. The molecule has 1 aliphatic rings. The Labute approximate surface area is 156 Å². The molecule has 0 radical (unpaired) electrons. The molecule has 1 saturated heterocycles. The van der Waals surface area contributed by atoms with Crippen molar-refractivity contribution < 1.29 is 4.79 Å². The Morgan fingerprint density at radius 1 is 1.28 bits per heavy atom. The van der Waals surface area contributed by atoms with Gasteiger partial charge in [-0.3, -0.25) is 14.4 Å². The van der Waals surface area contributed by atoms with Gasteiger partial charge in [-0.2, -0.15) is 5.10 Å². The molecule has 0 atom stereocenters. The van der Waals surface area contributed by atoms with Gasteiger partial charge < -0.3 is 9.47 Å². The Bertz CT molecular complexity index is 752. The minimum atomic E-state index is 0.0631. The summed E-state index contributed by atoms with van der Waals surface area (Å²) in [5.41, 5.74) is 1.52. The summed E-state index contributed by atoms with van der Waals surface area (Å²) >= 11 is 3.54. The van der Waals surface area contributed by atoms with Crippen molar-refractivity contribution in [3.63, 3.8) is 0 Å². The third-order valence-corrected chi connectivity index (χ3v) is 5.67. The molecule has 3 heterocycles. The van der Waals surface area contributed by atoms with E-state index < -0.39 is 0 Å². The summed E-state index contributed by atoms with van der Waals surface area (Å²) in [5, 5.41) is 4.44. The lowest BCUT2D eigenvalue weighted by molar-refractivity contribution is 0.0747. The maximum atomic E-state index is 13.0. The number of amides is 1. The fourth-order valence-electron chi connectivity index (χ4n) is 3.22. The Hall–Kier alpha value is -1.67. The average Bonchev–Trinajstić information content (AvgIpc) is 3.02. The van der Waals surface area contributed by atoms with Crippen LogP contribution in [0, 0.1) is 6.92 Å². The lowest BCUT2D eigenvalue weighted by Crippen LogP contribution is -2.36. The summed E-state index contributed by atoms with van der Waals surface area (Å²) < 4.78 is 4.65. The highest BCUT2D eigenvalue weighted by Gasteiger charge is 2.26. The third-order valence-electron chi connectivity index (χ3n) is 4.72. The van der Waals surface area contributed by atoms with Crippen LogP contribution < -0.4 is 0 Å². The molecule has 25 heavy (non-hydrogen) atoms. The lowest BCUT2D eigenvalue weighted by Gasteiger charge is -2.22. The molecule has 0 spiro atoms. The Morgan fingerprint density at radius 2 is 2.08 bits per heavy atom. The fourth-order valence-corrected chi connectivity index (χ4v) is 3.68. The minimum absolute atomic E-state index is 0.0631. The van der Waals surface area contributed by atoms with Gasteiger partial charge in [0.05, 0.1) is 16.7 Å². The van der Waals surface area contributed by atoms with Gasteiger partial charge in [0.1, 0.15) is 11.5 Å². The quantitative estimate of drug-likeness (QED) is 0.776. The number of hydrogen-bond acceptors (Lipinski definition) is 4. The molecule has 0 N–H and O–H groups in total. The summed E-state index contributed by atoms with van der Waals surface area (Å²) in [5.74, 6) is 1.12. The number of carbonyl (C=O) groups excluding carboxylic acids is 1. The summed E-state index contributed by atoms with van der Waals surface area (Å²) in [4.78, 5) is 21.8. The minimum Gasteiger partial charge on any atom is -0.337 e. The van der Waals surface area contributed by atoms with Gasteiger partial charge in [-0.25, -0.2) is 4.98 Å². The summed E-state index contributed by atoms with van der Waals surface area (Å²) in [6, 6.07) is 0. The molecule has 2 aromatic heterocycles. The molecule has 7 nitrogen and oxygen atoms in total. The van der Waals surface area contributed by atoms with Gasteiger partial charge in [-0.05, 0) is 36.2 Å². The SMILES string of the molecule is CCn1nc(C)c(Br)c1C(=O)N1CCCN(Cc2nccn2C)CC1. The molecule has 8 heteroatoms. The van der Waals surface area contributed by atoms with Gasteiger partial charge in [0.2, 0.25) is 0 Å². The fraction of sp³-hybridized carbons (Fsp3) is 0.588. The summed E-state index contributed by atoms with van der Waals surface area (Å²) in [6.45, 7) is 8.77. The first-order chi connectivity index (χ1) is 12.0. The molecule has 0 bridgehead atoms. The first-order valence-electron chi connectivity index (χ1n) is 8.72. The van der Waals surface area contributed by atoms with E-state index in [1.165, 1.54) is 0 Å². The molecule has 0 aliphatic carbocycles. The van der Waals surface area contributed by atoms with Gasteiger partial charge in [0.25, 0.3) is 5.91 Å². The van der Waals surface area contributed by atoms with Crippen molar-refractivity contribution in [1.29, 1.82) is 0 Å².